The molecular formula is C15H14N2O4. The fraction of sp³-hybridized carbons (Fsp3) is 0.133. The third-order valence-electron chi connectivity index (χ3n) is 3.00. The summed E-state index contributed by atoms with van der Waals surface area (Å²) in [4.78, 5) is 26.1. The van der Waals surface area contributed by atoms with Crippen molar-refractivity contribution in [3.05, 3.63) is 53.7 Å². The average molecular weight is 286 g/mol. The molecule has 0 aliphatic heterocycles. The first-order valence-electron chi connectivity index (χ1n) is 6.24. The van der Waals surface area contributed by atoms with Crippen molar-refractivity contribution in [3.63, 3.8) is 0 Å². The molecule has 3 N–H and O–H groups in total. The number of pyridine rings is 1. The lowest BCUT2D eigenvalue weighted by molar-refractivity contribution is -0.138. The van der Waals surface area contributed by atoms with Crippen LogP contribution in [0.2, 0.25) is 0 Å². The molecule has 0 aliphatic rings. The Morgan fingerprint density at radius 1 is 1.24 bits per heavy atom. The Balaban J connectivity index is 2.22. The number of ether oxygens (including phenoxy) is 1. The second kappa shape index (κ2) is 6.04. The van der Waals surface area contributed by atoms with Gasteiger partial charge in [0.15, 0.2) is 0 Å². The van der Waals surface area contributed by atoms with Gasteiger partial charge in [-0.05, 0) is 36.8 Å². The quantitative estimate of drug-likeness (QED) is 0.876. The van der Waals surface area contributed by atoms with E-state index >= 15 is 0 Å². The molecule has 1 atom stereocenters. The van der Waals surface area contributed by atoms with E-state index in [1.807, 2.05) is 0 Å². The van der Waals surface area contributed by atoms with Crippen LogP contribution in [0.15, 0.2) is 42.6 Å². The van der Waals surface area contributed by atoms with Crippen LogP contribution in [0.5, 0.6) is 11.6 Å². The molecule has 6 heteroatoms. The Hall–Kier alpha value is -2.89. The van der Waals surface area contributed by atoms with Gasteiger partial charge in [-0.3, -0.25) is 9.59 Å². The van der Waals surface area contributed by atoms with Gasteiger partial charge in [0.2, 0.25) is 5.88 Å². The molecule has 1 aromatic carbocycles. The molecule has 1 heterocycles. The lowest BCUT2D eigenvalue weighted by Gasteiger charge is -2.10. The Kier molecular flexibility index (Phi) is 4.18. The van der Waals surface area contributed by atoms with Crippen molar-refractivity contribution in [1.29, 1.82) is 0 Å². The maximum absolute atomic E-state index is 11.3. The van der Waals surface area contributed by atoms with Gasteiger partial charge in [-0.2, -0.15) is 0 Å². The molecule has 21 heavy (non-hydrogen) atoms. The Labute approximate surface area is 121 Å². The van der Waals surface area contributed by atoms with Gasteiger partial charge < -0.3 is 15.6 Å². The highest BCUT2D eigenvalue weighted by Gasteiger charge is 2.14. The molecule has 1 amide bonds. The number of amides is 1. The number of hydrogen-bond acceptors (Lipinski definition) is 4. The molecule has 1 unspecified atom stereocenters. The molecule has 6 nitrogen and oxygen atoms in total. The Morgan fingerprint density at radius 2 is 1.90 bits per heavy atom. The molecule has 0 aliphatic carbocycles. The van der Waals surface area contributed by atoms with E-state index in [0.717, 1.165) is 0 Å². The summed E-state index contributed by atoms with van der Waals surface area (Å²) in [5.74, 6) is -1.57. The Morgan fingerprint density at radius 3 is 2.48 bits per heavy atom. The summed E-state index contributed by atoms with van der Waals surface area (Å²) in [5.41, 5.74) is 6.08. The molecule has 1 aromatic heterocycles. The van der Waals surface area contributed by atoms with Crippen LogP contribution in [0.1, 0.15) is 28.8 Å². The minimum Gasteiger partial charge on any atom is -0.481 e. The molecule has 2 rings (SSSR count). The molecule has 108 valence electrons. The standard InChI is InChI=1S/C15H14N2O4/c1-9(15(19)20)10-4-6-11(7-5-10)21-14-12(13(16)18)3-2-8-17-14/h2-9H,1H3,(H2,16,18)(H,19,20). The van der Waals surface area contributed by atoms with Crippen LogP contribution < -0.4 is 10.5 Å². The van der Waals surface area contributed by atoms with E-state index in [1.165, 1.54) is 12.3 Å². The van der Waals surface area contributed by atoms with E-state index in [2.05, 4.69) is 4.98 Å². The number of rotatable bonds is 5. The van der Waals surface area contributed by atoms with Gasteiger partial charge in [-0.1, -0.05) is 12.1 Å². The largest absolute Gasteiger partial charge is 0.481 e. The van der Waals surface area contributed by atoms with Crippen LogP contribution >= 0.6 is 0 Å². The molecule has 0 saturated carbocycles. The van der Waals surface area contributed by atoms with Crippen molar-refractivity contribution in [2.75, 3.05) is 0 Å². The maximum atomic E-state index is 11.3. The number of nitrogens with zero attached hydrogens (tertiary/aromatic N) is 1. The van der Waals surface area contributed by atoms with Crippen LogP contribution in [-0.4, -0.2) is 22.0 Å². The average Bonchev–Trinajstić information content (AvgIpc) is 2.47. The highest BCUT2D eigenvalue weighted by atomic mass is 16.5. The number of carboxylic acids is 1. The number of aliphatic carboxylic acids is 1. The zero-order chi connectivity index (χ0) is 15.4. The van der Waals surface area contributed by atoms with Crippen LogP contribution in [0, 0.1) is 0 Å². The molecule has 0 saturated heterocycles. The van der Waals surface area contributed by atoms with Crippen LogP contribution in [0.25, 0.3) is 0 Å². The highest BCUT2D eigenvalue weighted by Crippen LogP contribution is 2.25. The van der Waals surface area contributed by atoms with Gasteiger partial charge in [0.05, 0.1) is 5.92 Å². The molecule has 0 bridgehead atoms. The molecule has 2 aromatic rings. The topological polar surface area (TPSA) is 103 Å². The van der Waals surface area contributed by atoms with E-state index in [1.54, 1.807) is 37.3 Å². The lowest BCUT2D eigenvalue weighted by atomic mass is 10.0. The minimum atomic E-state index is -0.899. The fourth-order valence-electron chi connectivity index (χ4n) is 1.74. The summed E-state index contributed by atoms with van der Waals surface area (Å²) in [6, 6.07) is 9.65. The van der Waals surface area contributed by atoms with Crippen LogP contribution in [0.3, 0.4) is 0 Å². The van der Waals surface area contributed by atoms with Crippen molar-refractivity contribution < 1.29 is 19.4 Å². The van der Waals surface area contributed by atoms with Crippen molar-refractivity contribution in [1.82, 2.24) is 4.98 Å². The summed E-state index contributed by atoms with van der Waals surface area (Å²) in [5, 5.41) is 8.94. The minimum absolute atomic E-state index is 0.115. The van der Waals surface area contributed by atoms with Gasteiger partial charge in [-0.15, -0.1) is 0 Å². The van der Waals surface area contributed by atoms with Crippen molar-refractivity contribution in [2.24, 2.45) is 5.73 Å². The summed E-state index contributed by atoms with van der Waals surface area (Å²) >= 11 is 0. The molecule has 0 spiro atoms. The summed E-state index contributed by atoms with van der Waals surface area (Å²) in [6.45, 7) is 1.60. The number of carbonyl (C=O) groups excluding carboxylic acids is 1. The number of nitrogens with two attached hydrogens (primary N) is 1. The second-order valence-corrected chi connectivity index (χ2v) is 4.45. The monoisotopic (exact) mass is 286 g/mol. The zero-order valence-electron chi connectivity index (χ0n) is 11.3. The van der Waals surface area contributed by atoms with Gasteiger partial charge >= 0.3 is 5.97 Å². The summed E-state index contributed by atoms with van der Waals surface area (Å²) in [6.07, 6.45) is 1.49. The number of hydrogen-bond donors (Lipinski definition) is 2. The first-order valence-corrected chi connectivity index (χ1v) is 6.24. The van der Waals surface area contributed by atoms with Crippen molar-refractivity contribution >= 4 is 11.9 Å². The third-order valence-corrected chi connectivity index (χ3v) is 3.00. The van der Waals surface area contributed by atoms with Gasteiger partial charge in [0.25, 0.3) is 5.91 Å². The van der Waals surface area contributed by atoms with E-state index in [-0.39, 0.29) is 11.4 Å². The zero-order valence-corrected chi connectivity index (χ0v) is 11.3. The predicted molar refractivity (Wildman–Crippen MR) is 75.3 cm³/mol. The molecule has 0 radical (unpaired) electrons. The van der Waals surface area contributed by atoms with E-state index in [0.29, 0.717) is 11.3 Å². The SMILES string of the molecule is CC(C(=O)O)c1ccc(Oc2ncccc2C(N)=O)cc1. The van der Waals surface area contributed by atoms with Gasteiger partial charge in [-0.25, -0.2) is 4.98 Å². The number of aromatic nitrogens is 1. The Bertz CT molecular complexity index is 668. The van der Waals surface area contributed by atoms with Crippen LogP contribution in [-0.2, 0) is 4.79 Å². The van der Waals surface area contributed by atoms with E-state index in [9.17, 15) is 9.59 Å². The lowest BCUT2D eigenvalue weighted by Crippen LogP contribution is -2.12. The normalized spacial score (nSPS) is 11.7. The van der Waals surface area contributed by atoms with Gasteiger partial charge in [0.1, 0.15) is 11.3 Å². The molecular weight excluding hydrogens is 272 g/mol. The molecule has 0 fully saturated rings. The smallest absolute Gasteiger partial charge is 0.310 e. The maximum Gasteiger partial charge on any atom is 0.310 e. The van der Waals surface area contributed by atoms with Gasteiger partial charge in [0, 0.05) is 6.20 Å². The first kappa shape index (κ1) is 14.5. The fourth-order valence-corrected chi connectivity index (χ4v) is 1.74. The number of benzene rings is 1. The number of primary amides is 1. The highest BCUT2D eigenvalue weighted by molar-refractivity contribution is 5.95. The van der Waals surface area contributed by atoms with E-state index in [4.69, 9.17) is 15.6 Å². The number of carbonyl (C=O) groups is 2. The first-order chi connectivity index (χ1) is 9.99. The van der Waals surface area contributed by atoms with E-state index < -0.39 is 17.8 Å². The third kappa shape index (κ3) is 3.36. The predicted octanol–water partition coefficient (Wildman–Crippen LogP) is 2.16. The van der Waals surface area contributed by atoms with Crippen molar-refractivity contribution in [2.45, 2.75) is 12.8 Å². The van der Waals surface area contributed by atoms with Crippen molar-refractivity contribution in [3.8, 4) is 11.6 Å². The summed E-state index contributed by atoms with van der Waals surface area (Å²) < 4.78 is 5.51. The summed E-state index contributed by atoms with van der Waals surface area (Å²) in [7, 11) is 0. The number of carboxylic acid groups (broad SMARTS) is 1. The second-order valence-electron chi connectivity index (χ2n) is 4.45. The van der Waals surface area contributed by atoms with Crippen LogP contribution in [0.4, 0.5) is 0 Å².